The predicted molar refractivity (Wildman–Crippen MR) is 88.2 cm³/mol. The lowest BCUT2D eigenvalue weighted by molar-refractivity contribution is 0.552. The van der Waals surface area contributed by atoms with E-state index in [-0.39, 0.29) is 0 Å². The summed E-state index contributed by atoms with van der Waals surface area (Å²) in [6.45, 7) is 1.76. The van der Waals surface area contributed by atoms with Gasteiger partial charge in [0, 0.05) is 23.5 Å². The summed E-state index contributed by atoms with van der Waals surface area (Å²) in [6, 6.07) is 16.9. The van der Waals surface area contributed by atoms with Gasteiger partial charge >= 0.3 is 0 Å². The van der Waals surface area contributed by atoms with Crippen LogP contribution in [0.2, 0.25) is 0 Å². The fourth-order valence-electron chi connectivity index (χ4n) is 2.80. The summed E-state index contributed by atoms with van der Waals surface area (Å²) >= 11 is 1.53. The average Bonchev–Trinajstić information content (AvgIpc) is 2.56. The Morgan fingerprint density at radius 3 is 2.76 bits per heavy atom. The molecule has 0 aliphatic carbocycles. The molecular formula is C17H15N3S. The van der Waals surface area contributed by atoms with Gasteiger partial charge in [-0.25, -0.2) is 0 Å². The first-order valence-corrected chi connectivity index (χ1v) is 7.93. The number of hydrogen-bond acceptors (Lipinski definition) is 3. The molecule has 0 saturated heterocycles. The molecule has 1 N–H and O–H groups in total. The average molecular weight is 293 g/mol. The summed E-state index contributed by atoms with van der Waals surface area (Å²) in [7, 11) is 0. The van der Waals surface area contributed by atoms with E-state index in [1.807, 2.05) is 11.0 Å². The van der Waals surface area contributed by atoms with Crippen LogP contribution >= 0.6 is 11.8 Å². The van der Waals surface area contributed by atoms with Crippen molar-refractivity contribution in [2.24, 2.45) is 4.99 Å². The molecule has 0 atom stereocenters. The normalized spacial score (nSPS) is 17.0. The van der Waals surface area contributed by atoms with Crippen LogP contribution in [-0.4, -0.2) is 29.0 Å². The monoisotopic (exact) mass is 293 g/mol. The molecule has 104 valence electrons. The maximum absolute atomic E-state index is 8.17. The molecule has 4 heteroatoms. The molecule has 0 amide bonds. The number of nitrogens with zero attached hydrogens (tertiary/aromatic N) is 2. The number of benzene rings is 2. The Morgan fingerprint density at radius 1 is 1.05 bits per heavy atom. The van der Waals surface area contributed by atoms with Gasteiger partial charge in [-0.1, -0.05) is 48.2 Å². The molecule has 0 saturated carbocycles. The highest BCUT2D eigenvalue weighted by Crippen LogP contribution is 2.35. The lowest BCUT2D eigenvalue weighted by Crippen LogP contribution is -2.42. The van der Waals surface area contributed by atoms with Crippen LogP contribution in [0.3, 0.4) is 0 Å². The van der Waals surface area contributed by atoms with Crippen molar-refractivity contribution in [3.8, 4) is 11.1 Å². The SMILES string of the molecule is N=C1Sc2ccc(-c3ccccc3)cc2C2=NCCCN12. The Labute approximate surface area is 128 Å². The number of nitrogens with one attached hydrogen (secondary N) is 1. The summed E-state index contributed by atoms with van der Waals surface area (Å²) in [5.41, 5.74) is 3.59. The third kappa shape index (κ3) is 2.16. The largest absolute Gasteiger partial charge is 0.305 e. The van der Waals surface area contributed by atoms with Crippen molar-refractivity contribution in [2.75, 3.05) is 13.1 Å². The summed E-state index contributed by atoms with van der Waals surface area (Å²) in [4.78, 5) is 7.84. The lowest BCUT2D eigenvalue weighted by Gasteiger charge is -2.34. The van der Waals surface area contributed by atoms with Crippen LogP contribution in [0, 0.1) is 5.41 Å². The first kappa shape index (κ1) is 12.7. The van der Waals surface area contributed by atoms with Gasteiger partial charge in [-0.2, -0.15) is 0 Å². The first-order valence-electron chi connectivity index (χ1n) is 7.11. The quantitative estimate of drug-likeness (QED) is 0.867. The van der Waals surface area contributed by atoms with Crippen LogP contribution < -0.4 is 0 Å². The molecule has 2 heterocycles. The highest BCUT2D eigenvalue weighted by atomic mass is 32.2. The molecule has 3 nitrogen and oxygen atoms in total. The highest BCUT2D eigenvalue weighted by Gasteiger charge is 2.29. The molecule has 4 rings (SSSR count). The number of amidine groups is 2. The standard InChI is InChI=1S/C17H15N3S/c18-17-20-10-4-9-19-16(20)14-11-13(7-8-15(14)21-17)12-5-2-1-3-6-12/h1-3,5-8,11,18H,4,9-10H2. The Balaban J connectivity index is 1.85. The van der Waals surface area contributed by atoms with Crippen molar-refractivity contribution in [2.45, 2.75) is 11.3 Å². The highest BCUT2D eigenvalue weighted by molar-refractivity contribution is 8.14. The van der Waals surface area contributed by atoms with Crippen LogP contribution in [-0.2, 0) is 0 Å². The topological polar surface area (TPSA) is 39.5 Å². The van der Waals surface area contributed by atoms with Crippen LogP contribution in [0.15, 0.2) is 58.4 Å². The zero-order valence-corrected chi connectivity index (χ0v) is 12.4. The van der Waals surface area contributed by atoms with Gasteiger partial charge in [0.2, 0.25) is 0 Å². The molecule has 0 radical (unpaired) electrons. The van der Waals surface area contributed by atoms with E-state index in [1.54, 1.807) is 0 Å². The zero-order chi connectivity index (χ0) is 14.2. The fourth-order valence-corrected chi connectivity index (χ4v) is 3.69. The zero-order valence-electron chi connectivity index (χ0n) is 11.5. The molecule has 0 unspecified atom stereocenters. The second-order valence-electron chi connectivity index (χ2n) is 5.19. The van der Waals surface area contributed by atoms with Crippen LogP contribution in [0.4, 0.5) is 0 Å². The minimum absolute atomic E-state index is 0.591. The summed E-state index contributed by atoms with van der Waals surface area (Å²) in [6.07, 6.45) is 1.03. The number of fused-ring (bicyclic) bond motifs is 3. The number of hydrogen-bond donors (Lipinski definition) is 1. The predicted octanol–water partition coefficient (Wildman–Crippen LogP) is 3.85. The molecule has 0 spiro atoms. The van der Waals surface area contributed by atoms with E-state index < -0.39 is 0 Å². The van der Waals surface area contributed by atoms with E-state index in [0.717, 1.165) is 35.8 Å². The van der Waals surface area contributed by atoms with Crippen LogP contribution in [0.5, 0.6) is 0 Å². The van der Waals surface area contributed by atoms with Gasteiger partial charge in [0.25, 0.3) is 0 Å². The van der Waals surface area contributed by atoms with E-state index in [2.05, 4.69) is 47.5 Å². The maximum Gasteiger partial charge on any atom is 0.166 e. The van der Waals surface area contributed by atoms with E-state index in [0.29, 0.717) is 5.17 Å². The van der Waals surface area contributed by atoms with E-state index in [4.69, 9.17) is 5.41 Å². The van der Waals surface area contributed by atoms with Gasteiger partial charge in [-0.05, 0) is 29.7 Å². The van der Waals surface area contributed by atoms with Crippen LogP contribution in [0.25, 0.3) is 11.1 Å². The van der Waals surface area contributed by atoms with Crippen molar-refractivity contribution in [1.29, 1.82) is 5.41 Å². The summed E-state index contributed by atoms with van der Waals surface area (Å²) < 4.78 is 0. The molecule has 0 fully saturated rings. The van der Waals surface area contributed by atoms with Gasteiger partial charge < -0.3 is 4.90 Å². The van der Waals surface area contributed by atoms with E-state index >= 15 is 0 Å². The van der Waals surface area contributed by atoms with Crippen molar-refractivity contribution in [3.05, 3.63) is 54.1 Å². The first-order chi connectivity index (χ1) is 10.3. The Kier molecular flexibility index (Phi) is 3.04. The van der Waals surface area contributed by atoms with Gasteiger partial charge in [-0.3, -0.25) is 10.4 Å². The smallest absolute Gasteiger partial charge is 0.166 e. The van der Waals surface area contributed by atoms with Crippen molar-refractivity contribution < 1.29 is 0 Å². The van der Waals surface area contributed by atoms with E-state index in [1.165, 1.54) is 22.9 Å². The minimum atomic E-state index is 0.591. The summed E-state index contributed by atoms with van der Waals surface area (Å²) in [5.74, 6) is 0.970. The Hall–Kier alpha value is -2.07. The van der Waals surface area contributed by atoms with Crippen molar-refractivity contribution >= 4 is 22.8 Å². The molecule has 2 aromatic carbocycles. The van der Waals surface area contributed by atoms with Crippen LogP contribution in [0.1, 0.15) is 12.0 Å². The number of rotatable bonds is 1. The summed E-state index contributed by atoms with van der Waals surface area (Å²) in [5, 5.41) is 8.76. The second-order valence-corrected chi connectivity index (χ2v) is 6.23. The van der Waals surface area contributed by atoms with Crippen molar-refractivity contribution in [1.82, 2.24) is 4.90 Å². The number of thioether (sulfide) groups is 1. The van der Waals surface area contributed by atoms with Crippen molar-refractivity contribution in [3.63, 3.8) is 0 Å². The molecule has 21 heavy (non-hydrogen) atoms. The molecule has 0 bridgehead atoms. The third-order valence-corrected chi connectivity index (χ3v) is 4.83. The molecule has 2 aromatic rings. The Morgan fingerprint density at radius 2 is 1.90 bits per heavy atom. The molecule has 2 aliphatic heterocycles. The molecular weight excluding hydrogens is 278 g/mol. The van der Waals surface area contributed by atoms with Gasteiger partial charge in [-0.15, -0.1) is 0 Å². The lowest BCUT2D eigenvalue weighted by atomic mass is 10.0. The van der Waals surface area contributed by atoms with E-state index in [9.17, 15) is 0 Å². The molecule has 0 aromatic heterocycles. The van der Waals surface area contributed by atoms with Gasteiger partial charge in [0.1, 0.15) is 5.84 Å². The third-order valence-electron chi connectivity index (χ3n) is 3.84. The fraction of sp³-hybridized carbons (Fsp3) is 0.176. The Bertz CT molecular complexity index is 737. The maximum atomic E-state index is 8.17. The molecule has 2 aliphatic rings. The minimum Gasteiger partial charge on any atom is -0.305 e. The van der Waals surface area contributed by atoms with Gasteiger partial charge in [0.05, 0.1) is 0 Å². The van der Waals surface area contributed by atoms with Gasteiger partial charge in [0.15, 0.2) is 5.17 Å². The number of aliphatic imine (C=N–C) groups is 1. The second kappa shape index (κ2) is 5.04.